The van der Waals surface area contributed by atoms with E-state index in [1.54, 1.807) is 6.07 Å². The lowest BCUT2D eigenvalue weighted by atomic mass is 9.86. The van der Waals surface area contributed by atoms with E-state index >= 15 is 0 Å². The maximum atomic E-state index is 11.9. The third kappa shape index (κ3) is 2.75. The van der Waals surface area contributed by atoms with Crippen molar-refractivity contribution in [2.24, 2.45) is 5.92 Å². The van der Waals surface area contributed by atoms with Crippen molar-refractivity contribution in [1.29, 1.82) is 0 Å². The molecule has 0 radical (unpaired) electrons. The van der Waals surface area contributed by atoms with E-state index in [9.17, 15) is 9.90 Å². The fraction of sp³-hybridized carbons (Fsp3) is 0.538. The van der Waals surface area contributed by atoms with Gasteiger partial charge in [0.2, 0.25) is 0 Å². The van der Waals surface area contributed by atoms with Gasteiger partial charge in [0.15, 0.2) is 5.69 Å². The third-order valence-corrected chi connectivity index (χ3v) is 3.43. The zero-order valence-corrected chi connectivity index (χ0v) is 10.0. The van der Waals surface area contributed by atoms with Crippen LogP contribution in [0.25, 0.3) is 0 Å². The molecule has 0 spiro atoms. The smallest absolute Gasteiger partial charge is 0.273 e. The Labute approximate surface area is 101 Å². The minimum Gasteiger partial charge on any atom is -0.505 e. The molecule has 1 fully saturated rings. The van der Waals surface area contributed by atoms with Crippen LogP contribution >= 0.6 is 0 Å². The standard InChI is InChI=1S/C13H18N2O2/c1-9-5-2-3-6-10(9)15-13(17)12-11(16)7-4-8-14-12/h4,7-10,16H,2-3,5-6H2,1H3,(H,15,17). The van der Waals surface area contributed by atoms with Crippen molar-refractivity contribution in [2.75, 3.05) is 0 Å². The van der Waals surface area contributed by atoms with Crippen LogP contribution in [0.1, 0.15) is 43.1 Å². The summed E-state index contributed by atoms with van der Waals surface area (Å²) in [4.78, 5) is 15.9. The first-order valence-corrected chi connectivity index (χ1v) is 6.13. The molecular weight excluding hydrogens is 216 g/mol. The van der Waals surface area contributed by atoms with Gasteiger partial charge < -0.3 is 10.4 Å². The van der Waals surface area contributed by atoms with E-state index in [1.165, 1.54) is 18.7 Å². The van der Waals surface area contributed by atoms with Crippen molar-refractivity contribution in [3.63, 3.8) is 0 Å². The molecule has 1 saturated carbocycles. The summed E-state index contributed by atoms with van der Waals surface area (Å²) < 4.78 is 0. The minimum atomic E-state index is -0.276. The number of rotatable bonds is 2. The average Bonchev–Trinajstić information content (AvgIpc) is 2.32. The summed E-state index contributed by atoms with van der Waals surface area (Å²) in [7, 11) is 0. The van der Waals surface area contributed by atoms with Gasteiger partial charge >= 0.3 is 0 Å². The highest BCUT2D eigenvalue weighted by atomic mass is 16.3. The van der Waals surface area contributed by atoms with E-state index in [0.717, 1.165) is 19.3 Å². The summed E-state index contributed by atoms with van der Waals surface area (Å²) in [5.41, 5.74) is 0.116. The second-order valence-corrected chi connectivity index (χ2v) is 4.71. The lowest BCUT2D eigenvalue weighted by molar-refractivity contribution is 0.0902. The third-order valence-electron chi connectivity index (χ3n) is 3.43. The number of hydrogen-bond acceptors (Lipinski definition) is 3. The van der Waals surface area contributed by atoms with Crippen molar-refractivity contribution in [3.05, 3.63) is 24.0 Å². The van der Waals surface area contributed by atoms with Crippen LogP contribution in [0.15, 0.2) is 18.3 Å². The molecule has 1 aliphatic carbocycles. The molecule has 2 atom stereocenters. The van der Waals surface area contributed by atoms with Crippen molar-refractivity contribution in [3.8, 4) is 5.75 Å². The summed E-state index contributed by atoms with van der Waals surface area (Å²) in [6.07, 6.45) is 6.07. The number of nitrogens with zero attached hydrogens (tertiary/aromatic N) is 1. The van der Waals surface area contributed by atoms with E-state index in [4.69, 9.17) is 0 Å². The Hall–Kier alpha value is -1.58. The Balaban J connectivity index is 2.04. The van der Waals surface area contributed by atoms with Gasteiger partial charge in [-0.25, -0.2) is 4.98 Å². The molecule has 17 heavy (non-hydrogen) atoms. The molecule has 2 rings (SSSR count). The summed E-state index contributed by atoms with van der Waals surface area (Å²) >= 11 is 0. The molecule has 0 saturated heterocycles. The SMILES string of the molecule is CC1CCCCC1NC(=O)c1ncccc1O. The van der Waals surface area contributed by atoms with Crippen LogP contribution in [0, 0.1) is 5.92 Å². The van der Waals surface area contributed by atoms with Gasteiger partial charge in [-0.3, -0.25) is 4.79 Å². The number of carbonyl (C=O) groups excluding carboxylic acids is 1. The van der Waals surface area contributed by atoms with Crippen molar-refractivity contribution < 1.29 is 9.90 Å². The monoisotopic (exact) mass is 234 g/mol. The largest absolute Gasteiger partial charge is 0.505 e. The normalized spacial score (nSPS) is 24.3. The molecule has 1 aromatic rings. The van der Waals surface area contributed by atoms with Crippen LogP contribution in [0.2, 0.25) is 0 Å². The Morgan fingerprint density at radius 1 is 1.47 bits per heavy atom. The fourth-order valence-electron chi connectivity index (χ4n) is 2.34. The van der Waals surface area contributed by atoms with Gasteiger partial charge in [-0.2, -0.15) is 0 Å². The zero-order valence-electron chi connectivity index (χ0n) is 10.0. The second-order valence-electron chi connectivity index (χ2n) is 4.71. The first-order valence-electron chi connectivity index (χ1n) is 6.13. The highest BCUT2D eigenvalue weighted by molar-refractivity contribution is 5.94. The number of pyridine rings is 1. The van der Waals surface area contributed by atoms with Crippen molar-refractivity contribution in [1.82, 2.24) is 10.3 Å². The molecular formula is C13H18N2O2. The highest BCUT2D eigenvalue weighted by Crippen LogP contribution is 2.24. The van der Waals surface area contributed by atoms with Crippen LogP contribution in [-0.2, 0) is 0 Å². The molecule has 2 unspecified atom stereocenters. The first-order chi connectivity index (χ1) is 8.18. The average molecular weight is 234 g/mol. The summed E-state index contributed by atoms with van der Waals surface area (Å²) in [6.45, 7) is 2.16. The lowest BCUT2D eigenvalue weighted by Gasteiger charge is -2.29. The van der Waals surface area contributed by atoms with E-state index < -0.39 is 0 Å². The van der Waals surface area contributed by atoms with Crippen LogP contribution in [0.3, 0.4) is 0 Å². The molecule has 92 valence electrons. The quantitative estimate of drug-likeness (QED) is 0.823. The number of aromatic nitrogens is 1. The number of hydrogen-bond donors (Lipinski definition) is 2. The van der Waals surface area contributed by atoms with E-state index in [-0.39, 0.29) is 23.4 Å². The maximum Gasteiger partial charge on any atom is 0.273 e. The summed E-state index contributed by atoms with van der Waals surface area (Å²) in [6, 6.07) is 3.29. The minimum absolute atomic E-state index is 0.0616. The second kappa shape index (κ2) is 5.17. The number of aromatic hydroxyl groups is 1. The highest BCUT2D eigenvalue weighted by Gasteiger charge is 2.24. The number of nitrogens with one attached hydrogen (secondary N) is 1. The molecule has 4 nitrogen and oxygen atoms in total. The van der Waals surface area contributed by atoms with Crippen LogP contribution in [-0.4, -0.2) is 22.0 Å². The summed E-state index contributed by atoms with van der Waals surface area (Å²) in [5, 5.41) is 12.5. The molecule has 0 aromatic carbocycles. The predicted molar refractivity (Wildman–Crippen MR) is 64.8 cm³/mol. The number of carbonyl (C=O) groups is 1. The Morgan fingerprint density at radius 2 is 2.24 bits per heavy atom. The van der Waals surface area contributed by atoms with Gasteiger partial charge in [-0.1, -0.05) is 19.8 Å². The topological polar surface area (TPSA) is 62.2 Å². The Morgan fingerprint density at radius 3 is 2.94 bits per heavy atom. The Bertz CT molecular complexity index is 406. The first kappa shape index (κ1) is 11.9. The van der Waals surface area contributed by atoms with Gasteiger partial charge in [0.05, 0.1) is 0 Å². The van der Waals surface area contributed by atoms with Crippen LogP contribution < -0.4 is 5.32 Å². The van der Waals surface area contributed by atoms with Gasteiger partial charge in [0.1, 0.15) is 5.75 Å². The van der Waals surface area contributed by atoms with E-state index in [0.29, 0.717) is 5.92 Å². The Kier molecular flexibility index (Phi) is 3.61. The fourth-order valence-corrected chi connectivity index (χ4v) is 2.34. The molecule has 0 aliphatic heterocycles. The van der Waals surface area contributed by atoms with Gasteiger partial charge in [0, 0.05) is 12.2 Å². The lowest BCUT2D eigenvalue weighted by Crippen LogP contribution is -2.41. The van der Waals surface area contributed by atoms with Gasteiger partial charge in [0.25, 0.3) is 5.91 Å². The molecule has 4 heteroatoms. The molecule has 1 heterocycles. The molecule has 1 aromatic heterocycles. The van der Waals surface area contributed by atoms with E-state index in [1.807, 2.05) is 0 Å². The summed E-state index contributed by atoms with van der Waals surface area (Å²) in [5.74, 6) is 0.161. The predicted octanol–water partition coefficient (Wildman–Crippen LogP) is 2.10. The van der Waals surface area contributed by atoms with E-state index in [2.05, 4.69) is 17.2 Å². The molecule has 2 N–H and O–H groups in total. The maximum absolute atomic E-state index is 11.9. The molecule has 1 amide bonds. The van der Waals surface area contributed by atoms with Crippen LogP contribution in [0.4, 0.5) is 0 Å². The zero-order chi connectivity index (χ0) is 12.3. The molecule has 1 aliphatic rings. The number of amides is 1. The van der Waals surface area contributed by atoms with Crippen LogP contribution in [0.5, 0.6) is 5.75 Å². The molecule has 0 bridgehead atoms. The van der Waals surface area contributed by atoms with Gasteiger partial charge in [-0.05, 0) is 30.9 Å². The van der Waals surface area contributed by atoms with Crippen molar-refractivity contribution >= 4 is 5.91 Å². The van der Waals surface area contributed by atoms with Gasteiger partial charge in [-0.15, -0.1) is 0 Å². The van der Waals surface area contributed by atoms with Crippen molar-refractivity contribution in [2.45, 2.75) is 38.6 Å².